The lowest BCUT2D eigenvalue weighted by molar-refractivity contribution is 0.178. The first-order valence-electron chi connectivity index (χ1n) is 10.1. The van der Waals surface area contributed by atoms with Crippen LogP contribution in [0.15, 0.2) is 36.4 Å². The summed E-state index contributed by atoms with van der Waals surface area (Å²) in [6, 6.07) is 11.7. The predicted molar refractivity (Wildman–Crippen MR) is 113 cm³/mol. The molecule has 0 spiro atoms. The summed E-state index contributed by atoms with van der Waals surface area (Å²) in [6.07, 6.45) is 2.84. The highest BCUT2D eigenvalue weighted by molar-refractivity contribution is 7.88. The van der Waals surface area contributed by atoms with Crippen molar-refractivity contribution in [3.63, 3.8) is 0 Å². The number of sulfonamides is 1. The Morgan fingerprint density at radius 3 is 2.50 bits per heavy atom. The fourth-order valence-corrected chi connectivity index (χ4v) is 4.98. The van der Waals surface area contributed by atoms with Crippen molar-refractivity contribution in [2.75, 3.05) is 30.9 Å². The molecule has 2 saturated heterocycles. The van der Waals surface area contributed by atoms with E-state index in [2.05, 4.69) is 4.98 Å². The molecule has 0 aliphatic carbocycles. The van der Waals surface area contributed by atoms with Crippen molar-refractivity contribution in [3.8, 4) is 0 Å². The van der Waals surface area contributed by atoms with Gasteiger partial charge in [-0.1, -0.05) is 30.3 Å². The van der Waals surface area contributed by atoms with Crippen molar-refractivity contribution in [1.82, 2.24) is 14.3 Å². The smallest absolute Gasteiger partial charge is 0.415 e. The standard InChI is InChI=1S/C21H26N4O4S/c1-15-12-19(23-20(22-15)17-8-10-24(11-9-17)30(2,27)28)25-18(14-29-21(25)26)13-16-6-4-3-5-7-16/h3-7,12,17-18H,8-11,13-14H2,1-2H3. The Labute approximate surface area is 176 Å². The van der Waals surface area contributed by atoms with Gasteiger partial charge in [-0.2, -0.15) is 0 Å². The molecule has 1 amide bonds. The molecule has 1 unspecified atom stereocenters. The molecule has 0 bridgehead atoms. The summed E-state index contributed by atoms with van der Waals surface area (Å²) in [6.45, 7) is 3.11. The highest BCUT2D eigenvalue weighted by atomic mass is 32.2. The maximum atomic E-state index is 12.5. The molecule has 2 fully saturated rings. The Bertz CT molecular complexity index is 1020. The van der Waals surface area contributed by atoms with Gasteiger partial charge in [-0.3, -0.25) is 4.90 Å². The van der Waals surface area contributed by atoms with E-state index in [0.717, 1.165) is 11.3 Å². The van der Waals surface area contributed by atoms with Gasteiger partial charge in [0.25, 0.3) is 0 Å². The van der Waals surface area contributed by atoms with Crippen molar-refractivity contribution in [1.29, 1.82) is 0 Å². The Kier molecular flexibility index (Phi) is 5.75. The molecule has 30 heavy (non-hydrogen) atoms. The number of hydrogen-bond acceptors (Lipinski definition) is 6. The van der Waals surface area contributed by atoms with Crippen LogP contribution < -0.4 is 4.90 Å². The lowest BCUT2D eigenvalue weighted by Crippen LogP contribution is -2.38. The number of amides is 1. The summed E-state index contributed by atoms with van der Waals surface area (Å²) in [7, 11) is -3.18. The van der Waals surface area contributed by atoms with E-state index in [1.54, 1.807) is 11.0 Å². The van der Waals surface area contributed by atoms with Crippen molar-refractivity contribution >= 4 is 21.9 Å². The van der Waals surface area contributed by atoms with Crippen LogP contribution in [0.5, 0.6) is 0 Å². The van der Waals surface area contributed by atoms with Crippen molar-refractivity contribution in [3.05, 3.63) is 53.5 Å². The number of rotatable bonds is 5. The molecule has 160 valence electrons. The second-order valence-electron chi connectivity index (χ2n) is 7.95. The van der Waals surface area contributed by atoms with E-state index in [1.165, 1.54) is 10.6 Å². The first-order valence-corrected chi connectivity index (χ1v) is 12.0. The largest absolute Gasteiger partial charge is 0.447 e. The van der Waals surface area contributed by atoms with Crippen LogP contribution >= 0.6 is 0 Å². The zero-order valence-corrected chi connectivity index (χ0v) is 18.0. The summed E-state index contributed by atoms with van der Waals surface area (Å²) in [5.41, 5.74) is 1.91. The van der Waals surface area contributed by atoms with Crippen LogP contribution in [-0.4, -0.2) is 60.8 Å². The molecule has 3 heterocycles. The molecule has 2 aliphatic rings. The second-order valence-corrected chi connectivity index (χ2v) is 9.93. The molecule has 1 aromatic carbocycles. The number of aryl methyl sites for hydroxylation is 1. The lowest BCUT2D eigenvalue weighted by atomic mass is 9.97. The zero-order valence-electron chi connectivity index (χ0n) is 17.2. The zero-order chi connectivity index (χ0) is 21.3. The fraction of sp³-hybridized carbons (Fsp3) is 0.476. The third kappa shape index (κ3) is 4.46. The van der Waals surface area contributed by atoms with Gasteiger partial charge in [0.15, 0.2) is 0 Å². The highest BCUT2D eigenvalue weighted by Gasteiger charge is 2.36. The molecule has 4 rings (SSSR count). The number of piperidine rings is 1. The lowest BCUT2D eigenvalue weighted by Gasteiger charge is -2.30. The third-order valence-corrected chi connectivity index (χ3v) is 6.97. The third-order valence-electron chi connectivity index (χ3n) is 5.67. The fourth-order valence-electron chi connectivity index (χ4n) is 4.10. The van der Waals surface area contributed by atoms with Crippen LogP contribution in [-0.2, 0) is 21.2 Å². The van der Waals surface area contributed by atoms with Gasteiger partial charge in [0.05, 0.1) is 12.3 Å². The first kappa shape index (κ1) is 20.7. The molecule has 0 saturated carbocycles. The molecule has 0 N–H and O–H groups in total. The Hall–Kier alpha value is -2.52. The van der Waals surface area contributed by atoms with Gasteiger partial charge in [0.2, 0.25) is 10.0 Å². The molecule has 2 aliphatic heterocycles. The normalized spacial score (nSPS) is 21.1. The summed E-state index contributed by atoms with van der Waals surface area (Å²) in [4.78, 5) is 23.4. The molecule has 1 aromatic heterocycles. The van der Waals surface area contributed by atoms with E-state index in [1.807, 2.05) is 37.3 Å². The average Bonchev–Trinajstić information content (AvgIpc) is 3.08. The maximum absolute atomic E-state index is 12.5. The monoisotopic (exact) mass is 430 g/mol. The number of benzene rings is 1. The van der Waals surface area contributed by atoms with Crippen molar-refractivity contribution < 1.29 is 17.9 Å². The minimum Gasteiger partial charge on any atom is -0.447 e. The quantitative estimate of drug-likeness (QED) is 0.724. The van der Waals surface area contributed by atoms with Crippen LogP contribution in [0.3, 0.4) is 0 Å². The number of cyclic esters (lactones) is 1. The number of ether oxygens (including phenoxy) is 1. The molecular formula is C21H26N4O4S. The summed E-state index contributed by atoms with van der Waals surface area (Å²) in [5.74, 6) is 1.27. The number of anilines is 1. The summed E-state index contributed by atoms with van der Waals surface area (Å²) in [5, 5.41) is 0. The first-order chi connectivity index (χ1) is 14.3. The number of carbonyl (C=O) groups excluding carboxylic acids is 1. The van der Waals surface area contributed by atoms with E-state index in [-0.39, 0.29) is 12.0 Å². The minimum atomic E-state index is -3.18. The molecule has 8 nitrogen and oxygen atoms in total. The predicted octanol–water partition coefficient (Wildman–Crippen LogP) is 2.49. The van der Waals surface area contributed by atoms with E-state index < -0.39 is 16.1 Å². The van der Waals surface area contributed by atoms with Crippen LogP contribution in [0.25, 0.3) is 0 Å². The van der Waals surface area contributed by atoms with Gasteiger partial charge in [-0.15, -0.1) is 0 Å². The SMILES string of the molecule is Cc1cc(N2C(=O)OCC2Cc2ccccc2)nc(C2CCN(S(C)(=O)=O)CC2)n1. The van der Waals surface area contributed by atoms with Gasteiger partial charge in [0.1, 0.15) is 18.2 Å². The van der Waals surface area contributed by atoms with E-state index >= 15 is 0 Å². The van der Waals surface area contributed by atoms with E-state index in [9.17, 15) is 13.2 Å². The van der Waals surface area contributed by atoms with E-state index in [4.69, 9.17) is 9.72 Å². The number of nitrogens with zero attached hydrogens (tertiary/aromatic N) is 4. The summed E-state index contributed by atoms with van der Waals surface area (Å²) < 4.78 is 30.4. The molecular weight excluding hydrogens is 404 g/mol. The Balaban J connectivity index is 1.55. The molecule has 0 radical (unpaired) electrons. The van der Waals surface area contributed by atoms with Crippen molar-refractivity contribution in [2.45, 2.75) is 38.1 Å². The van der Waals surface area contributed by atoms with Crippen LogP contribution in [0.2, 0.25) is 0 Å². The maximum Gasteiger partial charge on any atom is 0.415 e. The topological polar surface area (TPSA) is 92.7 Å². The molecule has 1 atom stereocenters. The van der Waals surface area contributed by atoms with Gasteiger partial charge < -0.3 is 4.74 Å². The Morgan fingerprint density at radius 2 is 1.83 bits per heavy atom. The van der Waals surface area contributed by atoms with Gasteiger partial charge in [0, 0.05) is 30.8 Å². The second kappa shape index (κ2) is 8.31. The summed E-state index contributed by atoms with van der Waals surface area (Å²) >= 11 is 0. The number of aromatic nitrogens is 2. The minimum absolute atomic E-state index is 0.0628. The van der Waals surface area contributed by atoms with Gasteiger partial charge >= 0.3 is 6.09 Å². The molecule has 2 aromatic rings. The van der Waals surface area contributed by atoms with Crippen molar-refractivity contribution in [2.24, 2.45) is 0 Å². The van der Waals surface area contributed by atoms with Gasteiger partial charge in [-0.05, 0) is 31.7 Å². The van der Waals surface area contributed by atoms with Crippen LogP contribution in [0.1, 0.15) is 35.8 Å². The van der Waals surface area contributed by atoms with Crippen LogP contribution in [0, 0.1) is 6.92 Å². The Morgan fingerprint density at radius 1 is 1.13 bits per heavy atom. The number of carbonyl (C=O) groups is 1. The van der Waals surface area contributed by atoms with Gasteiger partial charge in [-0.25, -0.2) is 27.5 Å². The van der Waals surface area contributed by atoms with Crippen LogP contribution in [0.4, 0.5) is 10.6 Å². The number of hydrogen-bond donors (Lipinski definition) is 0. The average molecular weight is 431 g/mol. The molecule has 9 heteroatoms. The van der Waals surface area contributed by atoms with E-state index in [0.29, 0.717) is 50.6 Å². The highest BCUT2D eigenvalue weighted by Crippen LogP contribution is 2.30.